The molecular formula is C20H31FIN7. The molecule has 1 aromatic heterocycles. The minimum atomic E-state index is -0.195. The van der Waals surface area contributed by atoms with Gasteiger partial charge in [0.2, 0.25) is 0 Å². The predicted molar refractivity (Wildman–Crippen MR) is 126 cm³/mol. The van der Waals surface area contributed by atoms with Gasteiger partial charge in [-0.1, -0.05) is 13.8 Å². The molecule has 1 saturated heterocycles. The molecule has 1 aliphatic rings. The molecule has 0 aliphatic carbocycles. The first-order chi connectivity index (χ1) is 13.7. The number of guanidine groups is 1. The maximum Gasteiger partial charge on any atom is 0.194 e. The summed E-state index contributed by atoms with van der Waals surface area (Å²) in [6.45, 7) is 10.2. The highest BCUT2D eigenvalue weighted by molar-refractivity contribution is 14.0. The summed E-state index contributed by atoms with van der Waals surface area (Å²) in [5, 5.41) is 11.6. The minimum absolute atomic E-state index is 0. The first-order valence-electron chi connectivity index (χ1n) is 10.1. The summed E-state index contributed by atoms with van der Waals surface area (Å²) in [5.74, 6) is 1.77. The SMILES string of the molecule is CCCN=C(NCCn1cnnc1CC)N1CCN(c2ccc(F)cc2)CC1.I. The molecule has 0 bridgehead atoms. The molecule has 0 atom stereocenters. The van der Waals surface area contributed by atoms with Crippen LogP contribution in [0.5, 0.6) is 0 Å². The smallest absolute Gasteiger partial charge is 0.194 e. The molecule has 2 aromatic rings. The molecule has 1 aliphatic heterocycles. The van der Waals surface area contributed by atoms with Gasteiger partial charge < -0.3 is 19.7 Å². The number of nitrogens with one attached hydrogen (secondary N) is 1. The van der Waals surface area contributed by atoms with Gasteiger partial charge in [0, 0.05) is 57.9 Å². The van der Waals surface area contributed by atoms with Crippen molar-refractivity contribution in [2.45, 2.75) is 33.2 Å². The predicted octanol–water partition coefficient (Wildman–Crippen LogP) is 2.78. The van der Waals surface area contributed by atoms with E-state index in [-0.39, 0.29) is 29.8 Å². The maximum absolute atomic E-state index is 13.1. The first kappa shape index (κ1) is 23.4. The average Bonchev–Trinajstić information content (AvgIpc) is 3.19. The summed E-state index contributed by atoms with van der Waals surface area (Å²) in [4.78, 5) is 9.36. The van der Waals surface area contributed by atoms with Gasteiger partial charge in [-0.2, -0.15) is 0 Å². The first-order valence-corrected chi connectivity index (χ1v) is 10.1. The Bertz CT molecular complexity index is 754. The van der Waals surface area contributed by atoms with Crippen LogP contribution in [0.1, 0.15) is 26.1 Å². The zero-order valence-electron chi connectivity index (χ0n) is 17.2. The largest absolute Gasteiger partial charge is 0.368 e. The van der Waals surface area contributed by atoms with Gasteiger partial charge in [0.1, 0.15) is 18.0 Å². The number of hydrogen-bond donors (Lipinski definition) is 1. The normalized spacial score (nSPS) is 14.7. The Labute approximate surface area is 189 Å². The Morgan fingerprint density at radius 1 is 1.14 bits per heavy atom. The number of aliphatic imine (C=N–C) groups is 1. The Kier molecular flexibility index (Phi) is 9.62. The number of nitrogens with zero attached hydrogens (tertiary/aromatic N) is 6. The van der Waals surface area contributed by atoms with Crippen LogP contribution in [0.25, 0.3) is 0 Å². The number of benzene rings is 1. The van der Waals surface area contributed by atoms with Crippen LogP contribution >= 0.6 is 24.0 Å². The fourth-order valence-electron chi connectivity index (χ4n) is 3.34. The quantitative estimate of drug-likeness (QED) is 0.349. The molecule has 7 nitrogen and oxygen atoms in total. The maximum atomic E-state index is 13.1. The van der Waals surface area contributed by atoms with Crippen molar-refractivity contribution in [1.29, 1.82) is 0 Å². The summed E-state index contributed by atoms with van der Waals surface area (Å²) in [5.41, 5.74) is 1.07. The molecule has 0 spiro atoms. The van der Waals surface area contributed by atoms with Crippen molar-refractivity contribution in [1.82, 2.24) is 25.0 Å². The number of hydrogen-bond acceptors (Lipinski definition) is 4. The lowest BCUT2D eigenvalue weighted by molar-refractivity contribution is 0.370. The van der Waals surface area contributed by atoms with E-state index >= 15 is 0 Å². The molecule has 0 saturated carbocycles. The van der Waals surface area contributed by atoms with Crippen molar-refractivity contribution in [3.8, 4) is 0 Å². The zero-order chi connectivity index (χ0) is 19.8. The number of rotatable bonds is 7. The Hall–Kier alpha value is -1.91. The van der Waals surface area contributed by atoms with Gasteiger partial charge in [0.25, 0.3) is 0 Å². The van der Waals surface area contributed by atoms with Crippen molar-refractivity contribution in [2.75, 3.05) is 44.2 Å². The molecule has 2 heterocycles. The van der Waals surface area contributed by atoms with E-state index in [1.807, 2.05) is 12.1 Å². The van der Waals surface area contributed by atoms with E-state index in [1.165, 1.54) is 12.1 Å². The van der Waals surface area contributed by atoms with Crippen LogP contribution < -0.4 is 10.2 Å². The van der Waals surface area contributed by atoms with E-state index in [0.717, 1.165) is 76.1 Å². The molecular weight excluding hydrogens is 484 g/mol. The van der Waals surface area contributed by atoms with Gasteiger partial charge in [0.15, 0.2) is 5.96 Å². The molecule has 0 amide bonds. The monoisotopic (exact) mass is 515 g/mol. The van der Waals surface area contributed by atoms with Gasteiger partial charge in [-0.3, -0.25) is 4.99 Å². The Morgan fingerprint density at radius 2 is 1.86 bits per heavy atom. The number of piperazine rings is 1. The molecule has 0 unspecified atom stereocenters. The molecule has 160 valence electrons. The van der Waals surface area contributed by atoms with E-state index < -0.39 is 0 Å². The van der Waals surface area contributed by atoms with Crippen molar-refractivity contribution < 1.29 is 4.39 Å². The molecule has 1 N–H and O–H groups in total. The Morgan fingerprint density at radius 3 is 2.52 bits per heavy atom. The van der Waals surface area contributed by atoms with Crippen molar-refractivity contribution in [3.63, 3.8) is 0 Å². The second kappa shape index (κ2) is 11.9. The summed E-state index contributed by atoms with van der Waals surface area (Å²) in [6, 6.07) is 6.74. The van der Waals surface area contributed by atoms with E-state index in [9.17, 15) is 4.39 Å². The summed E-state index contributed by atoms with van der Waals surface area (Å²) < 4.78 is 15.2. The highest BCUT2D eigenvalue weighted by Crippen LogP contribution is 2.17. The lowest BCUT2D eigenvalue weighted by Gasteiger charge is -2.37. The standard InChI is InChI=1S/C20H30FN7.HI/c1-3-9-22-20(23-10-11-28-16-24-25-19(28)4-2)27-14-12-26(13-15-27)18-7-5-17(21)6-8-18;/h5-8,16H,3-4,9-15H2,1-2H3,(H,22,23);1H. The fraction of sp³-hybridized carbons (Fsp3) is 0.550. The zero-order valence-corrected chi connectivity index (χ0v) is 19.6. The van der Waals surface area contributed by atoms with Gasteiger partial charge in [-0.25, -0.2) is 4.39 Å². The number of aryl methyl sites for hydroxylation is 1. The van der Waals surface area contributed by atoms with Gasteiger partial charge in [-0.15, -0.1) is 34.2 Å². The van der Waals surface area contributed by atoms with E-state index in [2.05, 4.69) is 43.7 Å². The molecule has 1 aromatic carbocycles. The summed E-state index contributed by atoms with van der Waals surface area (Å²) in [7, 11) is 0. The third-order valence-electron chi connectivity index (χ3n) is 4.90. The lowest BCUT2D eigenvalue weighted by atomic mass is 10.2. The van der Waals surface area contributed by atoms with Crippen LogP contribution in [-0.4, -0.2) is 64.9 Å². The third-order valence-corrected chi connectivity index (χ3v) is 4.90. The minimum Gasteiger partial charge on any atom is -0.368 e. The van der Waals surface area contributed by atoms with Crippen LogP contribution in [0, 0.1) is 5.82 Å². The number of halogens is 2. The second-order valence-electron chi connectivity index (χ2n) is 6.88. The van der Waals surface area contributed by atoms with Crippen LogP contribution in [-0.2, 0) is 13.0 Å². The van der Waals surface area contributed by atoms with Gasteiger partial charge in [-0.05, 0) is 30.7 Å². The molecule has 3 rings (SSSR count). The van der Waals surface area contributed by atoms with Crippen molar-refractivity contribution in [2.24, 2.45) is 4.99 Å². The van der Waals surface area contributed by atoms with Crippen LogP contribution in [0.4, 0.5) is 10.1 Å². The second-order valence-corrected chi connectivity index (χ2v) is 6.88. The van der Waals surface area contributed by atoms with Crippen molar-refractivity contribution in [3.05, 3.63) is 42.2 Å². The summed E-state index contributed by atoms with van der Waals surface area (Å²) in [6.07, 6.45) is 3.68. The fourth-order valence-corrected chi connectivity index (χ4v) is 3.34. The average molecular weight is 515 g/mol. The van der Waals surface area contributed by atoms with E-state index in [1.54, 1.807) is 6.33 Å². The van der Waals surface area contributed by atoms with E-state index in [4.69, 9.17) is 4.99 Å². The Balaban J connectivity index is 0.00000300. The van der Waals surface area contributed by atoms with E-state index in [0.29, 0.717) is 0 Å². The molecule has 0 radical (unpaired) electrons. The van der Waals surface area contributed by atoms with Crippen LogP contribution in [0.2, 0.25) is 0 Å². The number of aromatic nitrogens is 3. The molecule has 1 fully saturated rings. The lowest BCUT2D eigenvalue weighted by Crippen LogP contribution is -2.53. The molecule has 9 heteroatoms. The van der Waals surface area contributed by atoms with Crippen LogP contribution in [0.3, 0.4) is 0 Å². The third kappa shape index (κ3) is 6.55. The topological polar surface area (TPSA) is 61.6 Å². The highest BCUT2D eigenvalue weighted by atomic mass is 127. The molecule has 29 heavy (non-hydrogen) atoms. The van der Waals surface area contributed by atoms with Gasteiger partial charge in [0.05, 0.1) is 0 Å². The summed E-state index contributed by atoms with van der Waals surface area (Å²) >= 11 is 0. The highest BCUT2D eigenvalue weighted by Gasteiger charge is 2.20. The van der Waals surface area contributed by atoms with Crippen LogP contribution in [0.15, 0.2) is 35.6 Å². The van der Waals surface area contributed by atoms with Gasteiger partial charge >= 0.3 is 0 Å². The van der Waals surface area contributed by atoms with Crippen molar-refractivity contribution >= 4 is 35.6 Å². The number of anilines is 1.